The molecule has 0 aromatic rings. The number of piperidine rings is 1. The smallest absolute Gasteiger partial charge is 0.320 e. The van der Waals surface area contributed by atoms with Crippen molar-refractivity contribution in [3.63, 3.8) is 0 Å². The van der Waals surface area contributed by atoms with Gasteiger partial charge in [0.2, 0.25) is 0 Å². The molecule has 2 aliphatic rings. The van der Waals surface area contributed by atoms with Gasteiger partial charge in [0.1, 0.15) is 0 Å². The minimum absolute atomic E-state index is 0.196. The number of nitrogens with zero attached hydrogens (tertiary/aromatic N) is 2. The molecule has 0 unspecified atom stereocenters. The van der Waals surface area contributed by atoms with Crippen LogP contribution in [0.25, 0.3) is 0 Å². The second-order valence-corrected chi connectivity index (χ2v) is 3.74. The number of hydrogen-bond acceptors (Lipinski definition) is 2. The van der Waals surface area contributed by atoms with Crippen LogP contribution in [-0.2, 0) is 4.74 Å². The van der Waals surface area contributed by atoms with Gasteiger partial charge in [-0.05, 0) is 19.3 Å². The third kappa shape index (κ3) is 2.18. The summed E-state index contributed by atoms with van der Waals surface area (Å²) in [6.07, 6.45) is 4.33. The van der Waals surface area contributed by atoms with Gasteiger partial charge in [-0.2, -0.15) is 0 Å². The predicted octanol–water partition coefficient (Wildman–Crippen LogP) is 0.739. The molecule has 2 rings (SSSR count). The van der Waals surface area contributed by atoms with Crippen LogP contribution < -0.4 is 0 Å². The molecule has 2 amide bonds. The summed E-state index contributed by atoms with van der Waals surface area (Å²) in [5.74, 6) is 0. The summed E-state index contributed by atoms with van der Waals surface area (Å²) in [7, 11) is 0. The zero-order valence-corrected chi connectivity index (χ0v) is 8.45. The van der Waals surface area contributed by atoms with E-state index in [9.17, 15) is 4.79 Å². The van der Waals surface area contributed by atoms with E-state index in [1.54, 1.807) is 0 Å². The molecule has 79 valence electrons. The molecule has 2 heterocycles. The number of ether oxygens (including phenoxy) is 1. The molecule has 1 radical (unpaired) electrons. The maximum atomic E-state index is 11.9. The molecule has 0 aromatic heterocycles. The largest absolute Gasteiger partial charge is 0.378 e. The van der Waals surface area contributed by atoms with Crippen LogP contribution in [0.5, 0.6) is 0 Å². The van der Waals surface area contributed by atoms with E-state index in [4.69, 9.17) is 4.74 Å². The topological polar surface area (TPSA) is 32.8 Å². The van der Waals surface area contributed by atoms with Gasteiger partial charge in [-0.25, -0.2) is 4.79 Å². The summed E-state index contributed by atoms with van der Waals surface area (Å²) in [4.78, 5) is 15.8. The third-order valence-corrected chi connectivity index (χ3v) is 2.76. The second-order valence-electron chi connectivity index (χ2n) is 3.74. The van der Waals surface area contributed by atoms with Gasteiger partial charge >= 0.3 is 6.03 Å². The summed E-state index contributed by atoms with van der Waals surface area (Å²) in [5.41, 5.74) is 0. The Balaban J connectivity index is 1.85. The fourth-order valence-electron chi connectivity index (χ4n) is 1.90. The molecular formula is C10H17N2O2. The standard InChI is InChI=1S/C10H17N2O2/c13-10(11-4-2-1-3-5-11)12-6-8-14-9-7-12/h1H,2-9H2. The Morgan fingerprint density at radius 1 is 1.00 bits per heavy atom. The lowest BCUT2D eigenvalue weighted by Gasteiger charge is -2.34. The van der Waals surface area contributed by atoms with E-state index >= 15 is 0 Å². The minimum Gasteiger partial charge on any atom is -0.378 e. The molecule has 4 heteroatoms. The molecular weight excluding hydrogens is 180 g/mol. The van der Waals surface area contributed by atoms with Crippen LogP contribution in [0.2, 0.25) is 0 Å². The number of morpholine rings is 1. The van der Waals surface area contributed by atoms with E-state index in [1.807, 2.05) is 9.80 Å². The number of rotatable bonds is 0. The molecule has 0 atom stereocenters. The Labute approximate surface area is 84.8 Å². The van der Waals surface area contributed by atoms with Gasteiger partial charge in [-0.15, -0.1) is 0 Å². The number of urea groups is 1. The van der Waals surface area contributed by atoms with E-state index < -0.39 is 0 Å². The maximum absolute atomic E-state index is 11.9. The van der Waals surface area contributed by atoms with Crippen LogP contribution in [0.1, 0.15) is 12.8 Å². The highest BCUT2D eigenvalue weighted by Gasteiger charge is 2.23. The van der Waals surface area contributed by atoms with Gasteiger partial charge in [0.05, 0.1) is 13.2 Å². The molecule has 2 aliphatic heterocycles. The zero-order chi connectivity index (χ0) is 9.80. The Morgan fingerprint density at radius 2 is 1.57 bits per heavy atom. The van der Waals surface area contributed by atoms with Gasteiger partial charge in [-0.3, -0.25) is 0 Å². The normalized spacial score (nSPS) is 23.7. The molecule has 0 saturated carbocycles. The summed E-state index contributed by atoms with van der Waals surface area (Å²) in [6.45, 7) is 4.64. The SMILES string of the molecule is O=C(N1CC[CH]CC1)N1CCOCC1. The highest BCUT2D eigenvalue weighted by Crippen LogP contribution is 2.11. The Morgan fingerprint density at radius 3 is 2.21 bits per heavy atom. The number of likely N-dealkylation sites (tertiary alicyclic amines) is 1. The number of amides is 2. The summed E-state index contributed by atoms with van der Waals surface area (Å²) in [5, 5.41) is 0. The van der Waals surface area contributed by atoms with Crippen LogP contribution in [0.3, 0.4) is 0 Å². The maximum Gasteiger partial charge on any atom is 0.320 e. The molecule has 0 N–H and O–H groups in total. The minimum atomic E-state index is 0.196. The number of carbonyl (C=O) groups is 1. The van der Waals surface area contributed by atoms with Crippen molar-refractivity contribution >= 4 is 6.03 Å². The highest BCUT2D eigenvalue weighted by atomic mass is 16.5. The molecule has 14 heavy (non-hydrogen) atoms. The molecule has 4 nitrogen and oxygen atoms in total. The Kier molecular flexibility index (Phi) is 3.24. The number of carbonyl (C=O) groups excluding carboxylic acids is 1. The van der Waals surface area contributed by atoms with Gasteiger partial charge in [0.25, 0.3) is 0 Å². The first-order valence-corrected chi connectivity index (χ1v) is 5.31. The lowest BCUT2D eigenvalue weighted by atomic mass is 10.1. The quantitative estimate of drug-likeness (QED) is 0.573. The van der Waals surface area contributed by atoms with Gasteiger partial charge in [-0.1, -0.05) is 0 Å². The Bertz CT molecular complexity index is 176. The van der Waals surface area contributed by atoms with Gasteiger partial charge in [0.15, 0.2) is 0 Å². The van der Waals surface area contributed by atoms with Gasteiger partial charge < -0.3 is 14.5 Å². The van der Waals surface area contributed by atoms with Crippen LogP contribution in [0.15, 0.2) is 0 Å². The van der Waals surface area contributed by atoms with Gasteiger partial charge in [0, 0.05) is 26.2 Å². The van der Waals surface area contributed by atoms with E-state index in [0.717, 1.165) is 39.0 Å². The predicted molar refractivity (Wildman–Crippen MR) is 52.9 cm³/mol. The Hall–Kier alpha value is -0.770. The van der Waals surface area contributed by atoms with E-state index in [2.05, 4.69) is 6.42 Å². The summed E-state index contributed by atoms with van der Waals surface area (Å²) in [6, 6.07) is 0.196. The molecule has 0 aliphatic carbocycles. The first kappa shape index (κ1) is 9.77. The lowest BCUT2D eigenvalue weighted by Crippen LogP contribution is -2.49. The molecule has 0 aromatic carbocycles. The first-order valence-electron chi connectivity index (χ1n) is 5.31. The fraction of sp³-hybridized carbons (Fsp3) is 0.800. The van der Waals surface area contributed by atoms with Crippen molar-refractivity contribution in [2.45, 2.75) is 12.8 Å². The lowest BCUT2D eigenvalue weighted by molar-refractivity contribution is 0.0426. The van der Waals surface area contributed by atoms with Crippen molar-refractivity contribution in [3.8, 4) is 0 Å². The van der Waals surface area contributed by atoms with Crippen LogP contribution in [-0.4, -0.2) is 55.2 Å². The average molecular weight is 197 g/mol. The highest BCUT2D eigenvalue weighted by molar-refractivity contribution is 5.74. The second kappa shape index (κ2) is 4.64. The average Bonchev–Trinajstić information content (AvgIpc) is 2.30. The zero-order valence-electron chi connectivity index (χ0n) is 8.45. The molecule has 2 fully saturated rings. The summed E-state index contributed by atoms with van der Waals surface area (Å²) >= 11 is 0. The van der Waals surface area contributed by atoms with E-state index in [0.29, 0.717) is 13.2 Å². The van der Waals surface area contributed by atoms with Crippen molar-refractivity contribution in [1.29, 1.82) is 0 Å². The molecule has 2 saturated heterocycles. The van der Waals surface area contributed by atoms with Crippen LogP contribution >= 0.6 is 0 Å². The van der Waals surface area contributed by atoms with Crippen molar-refractivity contribution in [3.05, 3.63) is 6.42 Å². The van der Waals surface area contributed by atoms with Crippen molar-refractivity contribution < 1.29 is 9.53 Å². The van der Waals surface area contributed by atoms with Crippen molar-refractivity contribution in [1.82, 2.24) is 9.80 Å². The van der Waals surface area contributed by atoms with Crippen LogP contribution in [0, 0.1) is 6.42 Å². The monoisotopic (exact) mass is 197 g/mol. The van der Waals surface area contributed by atoms with Crippen LogP contribution in [0.4, 0.5) is 4.79 Å². The first-order chi connectivity index (χ1) is 6.88. The molecule has 0 bridgehead atoms. The van der Waals surface area contributed by atoms with Crippen molar-refractivity contribution in [2.24, 2.45) is 0 Å². The molecule has 0 spiro atoms. The number of hydrogen-bond donors (Lipinski definition) is 0. The van der Waals surface area contributed by atoms with E-state index in [1.165, 1.54) is 0 Å². The van der Waals surface area contributed by atoms with Crippen molar-refractivity contribution in [2.75, 3.05) is 39.4 Å². The third-order valence-electron chi connectivity index (χ3n) is 2.76. The van der Waals surface area contributed by atoms with E-state index in [-0.39, 0.29) is 6.03 Å². The summed E-state index contributed by atoms with van der Waals surface area (Å²) < 4.78 is 5.22. The fourth-order valence-corrected chi connectivity index (χ4v) is 1.90.